The Hall–Kier alpha value is -0.810. The van der Waals surface area contributed by atoms with Gasteiger partial charge in [0.1, 0.15) is 19.4 Å². The number of alkyl halides is 5. The van der Waals surface area contributed by atoms with Gasteiger partial charge in [-0.05, 0) is 57.8 Å². The Bertz CT molecular complexity index is 672. The fourth-order valence-corrected chi connectivity index (χ4v) is 5.32. The molecule has 1 saturated heterocycles. The molecule has 2 amide bonds. The Kier molecular flexibility index (Phi) is 10.6. The lowest BCUT2D eigenvalue weighted by Gasteiger charge is -2.33. The molecule has 1 aliphatic heterocycles. The average Bonchev–Trinajstić information content (AvgIpc) is 2.79. The van der Waals surface area contributed by atoms with Gasteiger partial charge in [0.25, 0.3) is 0 Å². The molecule has 2 saturated carbocycles. The molecule has 5 atom stereocenters. The van der Waals surface area contributed by atoms with Crippen molar-refractivity contribution in [2.45, 2.75) is 99.1 Å². The molecule has 0 aromatic heterocycles. The van der Waals surface area contributed by atoms with E-state index in [0.29, 0.717) is 51.5 Å². The molecule has 3 fully saturated rings. The van der Waals surface area contributed by atoms with Gasteiger partial charge in [0.2, 0.25) is 11.8 Å². The highest BCUT2D eigenvalue weighted by atomic mass is 35.5. The third kappa shape index (κ3) is 9.33. The fourth-order valence-electron chi connectivity index (χ4n) is 4.77. The smallest absolute Gasteiger partial charge is 0.368 e. The Balaban J connectivity index is 1.27. The zero-order valence-corrected chi connectivity index (χ0v) is 20.6. The first kappa shape index (κ1) is 27.8. The van der Waals surface area contributed by atoms with Crippen LogP contribution in [0.3, 0.4) is 0 Å². The molecule has 3 N–H and O–H groups in total. The summed E-state index contributed by atoms with van der Waals surface area (Å²) in [4.78, 5) is 24.9. The molecule has 0 spiro atoms. The van der Waals surface area contributed by atoms with Crippen molar-refractivity contribution in [1.82, 2.24) is 16.0 Å². The lowest BCUT2D eigenvalue weighted by atomic mass is 9.85. The number of rotatable bonds is 8. The second-order valence-electron chi connectivity index (χ2n) is 9.50. The van der Waals surface area contributed by atoms with Gasteiger partial charge in [-0.1, -0.05) is 0 Å². The van der Waals surface area contributed by atoms with Crippen LogP contribution in [0.4, 0.5) is 13.2 Å². The van der Waals surface area contributed by atoms with Crippen molar-refractivity contribution < 1.29 is 32.2 Å². The van der Waals surface area contributed by atoms with E-state index in [2.05, 4.69) is 16.0 Å². The molecule has 0 aromatic rings. The van der Waals surface area contributed by atoms with Crippen molar-refractivity contribution in [3.05, 3.63) is 0 Å². The highest BCUT2D eigenvalue weighted by Crippen LogP contribution is 2.29. The maximum atomic E-state index is 12.6. The summed E-state index contributed by atoms with van der Waals surface area (Å²) in [5.41, 5.74) is 0. The van der Waals surface area contributed by atoms with Crippen LogP contribution in [0.25, 0.3) is 0 Å². The van der Waals surface area contributed by atoms with Gasteiger partial charge in [0.15, 0.2) is 0 Å². The first-order valence-corrected chi connectivity index (χ1v) is 12.9. The van der Waals surface area contributed by atoms with Gasteiger partial charge in [-0.25, -0.2) is 0 Å². The van der Waals surface area contributed by atoms with Crippen molar-refractivity contribution in [3.8, 4) is 0 Å². The van der Waals surface area contributed by atoms with Crippen molar-refractivity contribution in [3.63, 3.8) is 0 Å². The molecule has 7 nitrogen and oxygen atoms in total. The third-order valence-electron chi connectivity index (χ3n) is 6.72. The van der Waals surface area contributed by atoms with E-state index in [1.807, 2.05) is 0 Å². The molecule has 3 aliphatic rings. The topological polar surface area (TPSA) is 88.7 Å². The van der Waals surface area contributed by atoms with E-state index in [9.17, 15) is 22.8 Å². The highest BCUT2D eigenvalue weighted by molar-refractivity contribution is 6.30. The van der Waals surface area contributed by atoms with Gasteiger partial charge in [0.05, 0.1) is 16.9 Å². The van der Waals surface area contributed by atoms with Crippen LogP contribution in [0.5, 0.6) is 0 Å². The number of hydrogen-bond donors (Lipinski definition) is 3. The molecule has 196 valence electrons. The molecule has 12 heteroatoms. The van der Waals surface area contributed by atoms with E-state index < -0.39 is 19.0 Å². The Morgan fingerprint density at radius 1 is 0.882 bits per heavy atom. The van der Waals surface area contributed by atoms with Crippen LogP contribution >= 0.6 is 23.2 Å². The molecule has 2 aliphatic carbocycles. The van der Waals surface area contributed by atoms with E-state index in [0.717, 1.165) is 12.8 Å². The zero-order chi connectivity index (χ0) is 24.7. The largest absolute Gasteiger partial charge is 0.411 e. The molecule has 3 rings (SSSR count). The number of halogens is 5. The maximum Gasteiger partial charge on any atom is 0.411 e. The lowest BCUT2D eigenvalue weighted by molar-refractivity contribution is -0.190. The summed E-state index contributed by atoms with van der Waals surface area (Å²) in [5, 5.41) is 8.70. The standard InChI is InChI=1S/C22H34Cl2F3N3O4/c23-17-7-6-16(9-18(17)24)33-11-19(31)29-14-3-1-13(2-4-14)21(32)30-15-5-8-20(28-10-15)34-12-22(25,26)27/h13-18,20,28H,1-12H2,(H,29,31)(H,30,32). The van der Waals surface area contributed by atoms with Crippen LogP contribution in [0.2, 0.25) is 0 Å². The van der Waals surface area contributed by atoms with Gasteiger partial charge in [-0.2, -0.15) is 13.2 Å². The van der Waals surface area contributed by atoms with Crippen LogP contribution in [0.1, 0.15) is 57.8 Å². The summed E-state index contributed by atoms with van der Waals surface area (Å²) >= 11 is 12.3. The molecular weight excluding hydrogens is 498 g/mol. The van der Waals surface area contributed by atoms with Crippen LogP contribution in [-0.4, -0.2) is 72.9 Å². The summed E-state index contributed by atoms with van der Waals surface area (Å²) in [7, 11) is 0. The minimum absolute atomic E-state index is 0.00992. The highest BCUT2D eigenvalue weighted by Gasteiger charge is 2.33. The van der Waals surface area contributed by atoms with Gasteiger partial charge >= 0.3 is 6.18 Å². The van der Waals surface area contributed by atoms with Crippen molar-refractivity contribution >= 4 is 35.0 Å². The Labute approximate surface area is 208 Å². The number of carbonyl (C=O) groups is 2. The number of ether oxygens (including phenoxy) is 2. The van der Waals surface area contributed by atoms with E-state index >= 15 is 0 Å². The average molecular weight is 532 g/mol. The molecule has 34 heavy (non-hydrogen) atoms. The van der Waals surface area contributed by atoms with Crippen LogP contribution in [0.15, 0.2) is 0 Å². The van der Waals surface area contributed by atoms with E-state index in [1.54, 1.807) is 0 Å². The quantitative estimate of drug-likeness (QED) is 0.418. The summed E-state index contributed by atoms with van der Waals surface area (Å²) in [5.74, 6) is -0.335. The molecule has 0 aromatic carbocycles. The number of carbonyl (C=O) groups excluding carboxylic acids is 2. The predicted octanol–water partition coefficient (Wildman–Crippen LogP) is 3.22. The summed E-state index contributed by atoms with van der Waals surface area (Å²) < 4.78 is 47.3. The minimum atomic E-state index is -4.35. The summed E-state index contributed by atoms with van der Waals surface area (Å²) in [6.07, 6.45) is 0.878. The fraction of sp³-hybridized carbons (Fsp3) is 0.909. The van der Waals surface area contributed by atoms with E-state index in [-0.39, 0.29) is 53.3 Å². The Morgan fingerprint density at radius 2 is 1.59 bits per heavy atom. The molecule has 0 radical (unpaired) electrons. The van der Waals surface area contributed by atoms with E-state index in [4.69, 9.17) is 32.7 Å². The molecule has 0 bridgehead atoms. The van der Waals surface area contributed by atoms with Crippen molar-refractivity contribution in [2.75, 3.05) is 19.8 Å². The van der Waals surface area contributed by atoms with Gasteiger partial charge < -0.3 is 20.1 Å². The van der Waals surface area contributed by atoms with E-state index in [1.165, 1.54) is 0 Å². The maximum absolute atomic E-state index is 12.6. The van der Waals surface area contributed by atoms with Gasteiger partial charge in [-0.15, -0.1) is 23.2 Å². The predicted molar refractivity (Wildman–Crippen MR) is 122 cm³/mol. The number of piperidine rings is 1. The number of amides is 2. The molecular formula is C22H34Cl2F3N3O4. The van der Waals surface area contributed by atoms with Gasteiger partial charge in [0, 0.05) is 24.5 Å². The number of nitrogens with one attached hydrogen (secondary N) is 3. The molecule has 5 unspecified atom stereocenters. The summed E-state index contributed by atoms with van der Waals surface area (Å²) in [6, 6.07) is -0.114. The first-order chi connectivity index (χ1) is 16.1. The van der Waals surface area contributed by atoms with Crippen LogP contribution in [-0.2, 0) is 19.1 Å². The first-order valence-electron chi connectivity index (χ1n) is 12.0. The third-order valence-corrected chi connectivity index (χ3v) is 7.86. The zero-order valence-electron chi connectivity index (χ0n) is 19.0. The monoisotopic (exact) mass is 531 g/mol. The second-order valence-corrected chi connectivity index (χ2v) is 10.6. The Morgan fingerprint density at radius 3 is 2.21 bits per heavy atom. The second kappa shape index (κ2) is 12.9. The lowest BCUT2D eigenvalue weighted by Crippen LogP contribution is -2.52. The minimum Gasteiger partial charge on any atom is -0.368 e. The number of hydrogen-bond acceptors (Lipinski definition) is 5. The van der Waals surface area contributed by atoms with Crippen molar-refractivity contribution in [2.24, 2.45) is 5.92 Å². The SMILES string of the molecule is O=C(COC1CCC(Cl)C(Cl)C1)NC1CCC(C(=O)NC2CCC(OCC(F)(F)F)NC2)CC1. The van der Waals surface area contributed by atoms with Crippen LogP contribution in [0, 0.1) is 5.92 Å². The summed E-state index contributed by atoms with van der Waals surface area (Å²) in [6.45, 7) is -0.919. The van der Waals surface area contributed by atoms with Gasteiger partial charge in [-0.3, -0.25) is 14.9 Å². The van der Waals surface area contributed by atoms with Crippen LogP contribution < -0.4 is 16.0 Å². The van der Waals surface area contributed by atoms with Crippen molar-refractivity contribution in [1.29, 1.82) is 0 Å². The molecule has 1 heterocycles. The normalized spacial score (nSPS) is 34.9.